The Kier molecular flexibility index (Phi) is 8.17. The van der Waals surface area contributed by atoms with E-state index in [1.54, 1.807) is 0 Å². The van der Waals surface area contributed by atoms with Crippen LogP contribution < -0.4 is 5.32 Å². The van der Waals surface area contributed by atoms with E-state index in [1.807, 2.05) is 20.8 Å². The fourth-order valence-electron chi connectivity index (χ4n) is 3.14. The summed E-state index contributed by atoms with van der Waals surface area (Å²) in [7, 11) is -2.55. The Balaban J connectivity index is 2.87. The van der Waals surface area contributed by atoms with E-state index in [0.717, 1.165) is 19.5 Å². The largest absolute Gasteiger partial charge is 0.504 e. The van der Waals surface area contributed by atoms with Crippen LogP contribution in [-0.4, -0.2) is 41.7 Å². The van der Waals surface area contributed by atoms with Crippen LogP contribution in [0.2, 0.25) is 5.54 Å². The first-order valence-electron chi connectivity index (χ1n) is 7.86. The van der Waals surface area contributed by atoms with Gasteiger partial charge in [-0.05, 0) is 59.0 Å². The van der Waals surface area contributed by atoms with Crippen LogP contribution in [0.15, 0.2) is 0 Å². The number of hydrogen-bond donors (Lipinski definition) is 1. The van der Waals surface area contributed by atoms with Gasteiger partial charge in [-0.25, -0.2) is 0 Å². The van der Waals surface area contributed by atoms with Gasteiger partial charge in [0, 0.05) is 25.4 Å². The molecule has 0 saturated carbocycles. The molecule has 0 aromatic rings. The molecular weight excluding hydrogens is 258 g/mol. The minimum Gasteiger partial charge on any atom is -0.374 e. The van der Waals surface area contributed by atoms with Crippen LogP contribution in [0.3, 0.4) is 0 Å². The second kappa shape index (κ2) is 9.08. The van der Waals surface area contributed by atoms with Crippen LogP contribution in [0.4, 0.5) is 0 Å². The summed E-state index contributed by atoms with van der Waals surface area (Å²) in [6, 6.07) is 0. The first kappa shape index (κ1) is 17.1. The Morgan fingerprint density at radius 1 is 1.05 bits per heavy atom. The zero-order chi connectivity index (χ0) is 14.1. The van der Waals surface area contributed by atoms with Crippen molar-refractivity contribution >= 4 is 8.80 Å². The Morgan fingerprint density at radius 2 is 1.63 bits per heavy atom. The van der Waals surface area contributed by atoms with Gasteiger partial charge in [0.15, 0.2) is 0 Å². The molecule has 2 atom stereocenters. The van der Waals surface area contributed by atoms with Crippen LogP contribution in [0, 0.1) is 5.92 Å². The fourth-order valence-corrected chi connectivity index (χ4v) is 6.61. The molecular formula is C14H31NO3Si. The molecule has 1 rings (SSSR count). The highest BCUT2D eigenvalue weighted by Gasteiger charge is 2.51. The molecule has 1 heterocycles. The molecule has 1 aliphatic rings. The van der Waals surface area contributed by atoms with Crippen molar-refractivity contribution < 1.29 is 13.3 Å². The number of hydrogen-bond acceptors (Lipinski definition) is 4. The molecule has 1 N–H and O–H groups in total. The summed E-state index contributed by atoms with van der Waals surface area (Å²) in [4.78, 5) is 0. The van der Waals surface area contributed by atoms with Gasteiger partial charge in [-0.2, -0.15) is 0 Å². The summed E-state index contributed by atoms with van der Waals surface area (Å²) in [5, 5.41) is 3.50. The molecule has 0 spiro atoms. The van der Waals surface area contributed by atoms with E-state index in [9.17, 15) is 0 Å². The van der Waals surface area contributed by atoms with E-state index < -0.39 is 8.80 Å². The maximum Gasteiger partial charge on any atom is 0.504 e. The van der Waals surface area contributed by atoms with Crippen molar-refractivity contribution in [3.63, 3.8) is 0 Å². The lowest BCUT2D eigenvalue weighted by molar-refractivity contribution is 0.0506. The fraction of sp³-hybridized carbons (Fsp3) is 1.00. The first-order valence-corrected chi connectivity index (χ1v) is 9.66. The summed E-state index contributed by atoms with van der Waals surface area (Å²) in [6.45, 7) is 12.6. The maximum absolute atomic E-state index is 6.08. The molecule has 0 radical (unpaired) electrons. The van der Waals surface area contributed by atoms with Crippen molar-refractivity contribution in [2.45, 2.75) is 52.5 Å². The normalized spacial score (nSPS) is 22.4. The van der Waals surface area contributed by atoms with E-state index in [1.165, 1.54) is 12.8 Å². The third-order valence-electron chi connectivity index (χ3n) is 3.83. The number of nitrogens with one attached hydrogen (secondary N) is 1. The van der Waals surface area contributed by atoms with Crippen molar-refractivity contribution in [3.8, 4) is 0 Å². The van der Waals surface area contributed by atoms with Crippen LogP contribution >= 0.6 is 0 Å². The van der Waals surface area contributed by atoms with E-state index in [0.29, 0.717) is 31.3 Å². The summed E-state index contributed by atoms with van der Waals surface area (Å²) in [6.07, 6.45) is 3.57. The average Bonchev–Trinajstić information content (AvgIpc) is 2.41. The summed E-state index contributed by atoms with van der Waals surface area (Å²) in [5.74, 6) is 0.620. The summed E-state index contributed by atoms with van der Waals surface area (Å²) < 4.78 is 18.3. The van der Waals surface area contributed by atoms with Crippen LogP contribution in [0.1, 0.15) is 47.0 Å². The lowest BCUT2D eigenvalue weighted by Gasteiger charge is -2.40. The quantitative estimate of drug-likeness (QED) is 0.663. The Bertz CT molecular complexity index is 218. The van der Waals surface area contributed by atoms with Gasteiger partial charge in [0.05, 0.1) is 0 Å². The van der Waals surface area contributed by atoms with Crippen molar-refractivity contribution in [2.24, 2.45) is 5.92 Å². The molecule has 1 aliphatic heterocycles. The minimum absolute atomic E-state index is 0.417. The third kappa shape index (κ3) is 4.53. The van der Waals surface area contributed by atoms with Gasteiger partial charge in [-0.1, -0.05) is 6.92 Å². The second-order valence-electron chi connectivity index (χ2n) is 5.02. The lowest BCUT2D eigenvalue weighted by atomic mass is 9.94. The molecule has 114 valence electrons. The highest BCUT2D eigenvalue weighted by Crippen LogP contribution is 2.38. The van der Waals surface area contributed by atoms with Crippen molar-refractivity contribution in [1.82, 2.24) is 5.32 Å². The number of piperidine rings is 1. The highest BCUT2D eigenvalue weighted by molar-refractivity contribution is 6.62. The molecule has 2 unspecified atom stereocenters. The Labute approximate surface area is 119 Å². The van der Waals surface area contributed by atoms with Gasteiger partial charge in [-0.15, -0.1) is 0 Å². The van der Waals surface area contributed by atoms with Crippen LogP contribution in [0.25, 0.3) is 0 Å². The van der Waals surface area contributed by atoms with E-state index >= 15 is 0 Å². The Hall–Kier alpha value is 0.0569. The second-order valence-corrected chi connectivity index (χ2v) is 7.84. The third-order valence-corrected chi connectivity index (χ3v) is 7.70. The van der Waals surface area contributed by atoms with Crippen molar-refractivity contribution in [3.05, 3.63) is 0 Å². The number of rotatable bonds is 9. The average molecular weight is 289 g/mol. The smallest absolute Gasteiger partial charge is 0.374 e. The van der Waals surface area contributed by atoms with Gasteiger partial charge in [-0.3, -0.25) is 0 Å². The molecule has 4 nitrogen and oxygen atoms in total. The first-order chi connectivity index (χ1) is 9.24. The predicted octanol–water partition coefficient (Wildman–Crippen LogP) is 2.81. The maximum atomic E-state index is 6.08. The van der Waals surface area contributed by atoms with Gasteiger partial charge >= 0.3 is 8.80 Å². The molecule has 0 bridgehead atoms. The molecule has 0 amide bonds. The van der Waals surface area contributed by atoms with Gasteiger partial charge < -0.3 is 18.6 Å². The molecule has 0 aromatic heterocycles. The molecule has 1 saturated heterocycles. The van der Waals surface area contributed by atoms with Gasteiger partial charge in [0.1, 0.15) is 0 Å². The molecule has 1 fully saturated rings. The van der Waals surface area contributed by atoms with Crippen molar-refractivity contribution in [1.29, 1.82) is 0 Å². The highest BCUT2D eigenvalue weighted by atomic mass is 28.4. The molecule has 5 heteroatoms. The van der Waals surface area contributed by atoms with E-state index in [-0.39, 0.29) is 0 Å². The molecule has 19 heavy (non-hydrogen) atoms. The zero-order valence-corrected chi connectivity index (χ0v) is 14.0. The SMILES string of the molecule is CCO[Si](OCC)(OCC)C(CC)C1CCCNC1. The van der Waals surface area contributed by atoms with Crippen LogP contribution in [0.5, 0.6) is 0 Å². The Morgan fingerprint density at radius 3 is 2.00 bits per heavy atom. The standard InChI is InChI=1S/C14H31NO3Si/c1-5-14(13-10-9-11-15-12-13)19(16-6-2,17-7-3)18-8-4/h13-15H,5-12H2,1-4H3. The molecule has 0 aliphatic carbocycles. The minimum atomic E-state index is -2.55. The summed E-state index contributed by atoms with van der Waals surface area (Å²) >= 11 is 0. The monoisotopic (exact) mass is 289 g/mol. The van der Waals surface area contributed by atoms with E-state index in [4.69, 9.17) is 13.3 Å². The van der Waals surface area contributed by atoms with Gasteiger partial charge in [0.25, 0.3) is 0 Å². The van der Waals surface area contributed by atoms with E-state index in [2.05, 4.69) is 12.2 Å². The topological polar surface area (TPSA) is 39.7 Å². The van der Waals surface area contributed by atoms with Crippen molar-refractivity contribution in [2.75, 3.05) is 32.9 Å². The van der Waals surface area contributed by atoms with Gasteiger partial charge in [0.2, 0.25) is 0 Å². The zero-order valence-electron chi connectivity index (χ0n) is 13.0. The summed E-state index contributed by atoms with van der Waals surface area (Å²) in [5.41, 5.74) is 0.417. The van der Waals surface area contributed by atoms with Crippen LogP contribution in [-0.2, 0) is 13.3 Å². The molecule has 0 aromatic carbocycles. The lowest BCUT2D eigenvalue weighted by Crippen LogP contribution is -2.54. The predicted molar refractivity (Wildman–Crippen MR) is 80.3 cm³/mol.